The number of aromatic nitrogens is 2. The van der Waals surface area contributed by atoms with Gasteiger partial charge in [0.05, 0.1) is 5.69 Å². The van der Waals surface area contributed by atoms with Crippen LogP contribution in [0.1, 0.15) is 28.2 Å². The van der Waals surface area contributed by atoms with Crippen molar-refractivity contribution in [3.8, 4) is 0 Å². The van der Waals surface area contributed by atoms with Gasteiger partial charge < -0.3 is 10.2 Å². The molecule has 1 aliphatic heterocycles. The van der Waals surface area contributed by atoms with Crippen molar-refractivity contribution < 1.29 is 9.59 Å². The monoisotopic (exact) mass is 254 g/mol. The van der Waals surface area contributed by atoms with Crippen LogP contribution < -0.4 is 5.32 Å². The summed E-state index contributed by atoms with van der Waals surface area (Å²) in [6.07, 6.45) is 1.55. The van der Waals surface area contributed by atoms with Crippen molar-refractivity contribution in [2.24, 2.45) is 0 Å². The molecule has 1 aromatic rings. The van der Waals surface area contributed by atoms with E-state index in [9.17, 15) is 9.59 Å². The van der Waals surface area contributed by atoms with E-state index in [-0.39, 0.29) is 11.8 Å². The van der Waals surface area contributed by atoms with Crippen LogP contribution in [-0.4, -0.2) is 45.9 Å². The zero-order valence-corrected chi connectivity index (χ0v) is 10.4. The highest BCUT2D eigenvalue weighted by Gasteiger charge is 2.20. The van der Waals surface area contributed by atoms with E-state index in [0.717, 1.165) is 24.5 Å². The normalized spacial score (nSPS) is 15.4. The molecule has 2 heterocycles. The SMILES string of the molecule is Cc1nnsc1C(=O)NCCN1CCCC1=O. The first-order chi connectivity index (χ1) is 8.18. The average Bonchev–Trinajstić information content (AvgIpc) is 2.88. The molecular formula is C10H14N4O2S. The molecule has 0 aromatic carbocycles. The lowest BCUT2D eigenvalue weighted by atomic mass is 10.4. The molecule has 1 fully saturated rings. The van der Waals surface area contributed by atoms with Crippen molar-refractivity contribution in [2.45, 2.75) is 19.8 Å². The number of hydrogen-bond acceptors (Lipinski definition) is 5. The topological polar surface area (TPSA) is 75.2 Å². The molecule has 92 valence electrons. The minimum atomic E-state index is -0.163. The van der Waals surface area contributed by atoms with Crippen LogP contribution in [-0.2, 0) is 4.79 Å². The largest absolute Gasteiger partial charge is 0.349 e. The highest BCUT2D eigenvalue weighted by atomic mass is 32.1. The van der Waals surface area contributed by atoms with Crippen LogP contribution in [0.25, 0.3) is 0 Å². The smallest absolute Gasteiger partial charge is 0.265 e. The maximum Gasteiger partial charge on any atom is 0.265 e. The van der Waals surface area contributed by atoms with Gasteiger partial charge in [0.1, 0.15) is 4.88 Å². The minimum absolute atomic E-state index is 0.163. The second-order valence-corrected chi connectivity index (χ2v) is 4.68. The zero-order chi connectivity index (χ0) is 12.3. The molecule has 2 amide bonds. The van der Waals surface area contributed by atoms with Gasteiger partial charge in [0, 0.05) is 26.1 Å². The highest BCUT2D eigenvalue weighted by Crippen LogP contribution is 2.09. The number of rotatable bonds is 4. The van der Waals surface area contributed by atoms with E-state index < -0.39 is 0 Å². The third kappa shape index (κ3) is 2.79. The van der Waals surface area contributed by atoms with Crippen LogP contribution in [0.15, 0.2) is 0 Å². The molecule has 1 aromatic heterocycles. The summed E-state index contributed by atoms with van der Waals surface area (Å²) in [6.45, 7) is 3.61. The van der Waals surface area contributed by atoms with Gasteiger partial charge in [-0.2, -0.15) is 0 Å². The summed E-state index contributed by atoms with van der Waals surface area (Å²) in [5.74, 6) is 0.0130. The summed E-state index contributed by atoms with van der Waals surface area (Å²) in [5, 5.41) is 6.55. The number of amides is 2. The molecule has 7 heteroatoms. The van der Waals surface area contributed by atoms with Gasteiger partial charge in [-0.1, -0.05) is 4.49 Å². The van der Waals surface area contributed by atoms with E-state index >= 15 is 0 Å². The van der Waals surface area contributed by atoms with E-state index in [1.165, 1.54) is 0 Å². The van der Waals surface area contributed by atoms with Crippen molar-refractivity contribution >= 4 is 23.3 Å². The molecule has 0 saturated carbocycles. The molecule has 6 nitrogen and oxygen atoms in total. The summed E-state index contributed by atoms with van der Waals surface area (Å²) >= 11 is 1.09. The van der Waals surface area contributed by atoms with Gasteiger partial charge in [0.15, 0.2) is 0 Å². The Morgan fingerprint density at radius 3 is 3.00 bits per heavy atom. The number of hydrogen-bond donors (Lipinski definition) is 1. The summed E-state index contributed by atoms with van der Waals surface area (Å²) in [6, 6.07) is 0. The Bertz CT molecular complexity index is 432. The van der Waals surface area contributed by atoms with Crippen LogP contribution in [0, 0.1) is 6.92 Å². The predicted octanol–water partition coefficient (Wildman–Crippen LogP) is 0.199. The summed E-state index contributed by atoms with van der Waals surface area (Å²) < 4.78 is 3.71. The standard InChI is InChI=1S/C10H14N4O2S/c1-7-9(17-13-12-7)10(16)11-4-6-14-5-2-3-8(14)15/h2-6H2,1H3,(H,11,16). The first-order valence-electron chi connectivity index (χ1n) is 5.53. The van der Waals surface area contributed by atoms with E-state index in [4.69, 9.17) is 0 Å². The first-order valence-corrected chi connectivity index (χ1v) is 6.31. The van der Waals surface area contributed by atoms with Gasteiger partial charge in [0.2, 0.25) is 5.91 Å². The molecule has 0 atom stereocenters. The van der Waals surface area contributed by atoms with Crippen LogP contribution in [0.3, 0.4) is 0 Å². The van der Waals surface area contributed by atoms with Crippen molar-refractivity contribution in [2.75, 3.05) is 19.6 Å². The molecule has 1 N–H and O–H groups in total. The van der Waals surface area contributed by atoms with E-state index in [0.29, 0.717) is 30.1 Å². The lowest BCUT2D eigenvalue weighted by molar-refractivity contribution is -0.127. The van der Waals surface area contributed by atoms with Crippen molar-refractivity contribution in [3.05, 3.63) is 10.6 Å². The highest BCUT2D eigenvalue weighted by molar-refractivity contribution is 7.07. The van der Waals surface area contributed by atoms with E-state index in [1.54, 1.807) is 11.8 Å². The van der Waals surface area contributed by atoms with Crippen molar-refractivity contribution in [1.29, 1.82) is 0 Å². The molecule has 0 spiro atoms. The Kier molecular flexibility index (Phi) is 3.68. The second-order valence-electron chi connectivity index (χ2n) is 3.93. The van der Waals surface area contributed by atoms with Gasteiger partial charge in [-0.05, 0) is 24.9 Å². The van der Waals surface area contributed by atoms with Crippen LogP contribution >= 0.6 is 11.5 Å². The second kappa shape index (κ2) is 5.22. The first kappa shape index (κ1) is 12.0. The average molecular weight is 254 g/mol. The maximum atomic E-state index is 11.7. The molecule has 0 unspecified atom stereocenters. The number of nitrogens with zero attached hydrogens (tertiary/aromatic N) is 3. The fourth-order valence-corrected chi connectivity index (χ4v) is 2.34. The van der Waals surface area contributed by atoms with Crippen molar-refractivity contribution in [1.82, 2.24) is 19.8 Å². The number of nitrogens with one attached hydrogen (secondary N) is 1. The predicted molar refractivity (Wildman–Crippen MR) is 62.8 cm³/mol. The molecule has 1 saturated heterocycles. The number of likely N-dealkylation sites (tertiary alicyclic amines) is 1. The van der Waals surface area contributed by atoms with E-state index in [1.807, 2.05) is 0 Å². The Labute approximate surface area is 103 Å². The van der Waals surface area contributed by atoms with Crippen LogP contribution in [0.5, 0.6) is 0 Å². The molecule has 2 rings (SSSR count). The van der Waals surface area contributed by atoms with Gasteiger partial charge in [0.25, 0.3) is 5.91 Å². The Hall–Kier alpha value is -1.50. The quantitative estimate of drug-likeness (QED) is 0.832. The third-order valence-electron chi connectivity index (χ3n) is 2.70. The van der Waals surface area contributed by atoms with Gasteiger partial charge in [-0.15, -0.1) is 5.10 Å². The third-order valence-corrected chi connectivity index (χ3v) is 3.52. The summed E-state index contributed by atoms with van der Waals surface area (Å²) in [5.41, 5.74) is 0.643. The van der Waals surface area contributed by atoms with Gasteiger partial charge >= 0.3 is 0 Å². The molecule has 0 bridgehead atoms. The zero-order valence-electron chi connectivity index (χ0n) is 9.60. The van der Waals surface area contributed by atoms with Crippen molar-refractivity contribution in [3.63, 3.8) is 0 Å². The molecule has 1 aliphatic rings. The summed E-state index contributed by atoms with van der Waals surface area (Å²) in [7, 11) is 0. The van der Waals surface area contributed by atoms with Gasteiger partial charge in [-0.25, -0.2) is 0 Å². The van der Waals surface area contributed by atoms with E-state index in [2.05, 4.69) is 14.9 Å². The Balaban J connectivity index is 1.77. The van der Waals surface area contributed by atoms with Crippen LogP contribution in [0.2, 0.25) is 0 Å². The lowest BCUT2D eigenvalue weighted by Crippen LogP contribution is -2.35. The number of carbonyl (C=O) groups is 2. The fourth-order valence-electron chi connectivity index (χ4n) is 1.76. The molecule has 17 heavy (non-hydrogen) atoms. The Morgan fingerprint density at radius 1 is 1.59 bits per heavy atom. The fraction of sp³-hybridized carbons (Fsp3) is 0.600. The number of carbonyl (C=O) groups excluding carboxylic acids is 2. The molecular weight excluding hydrogens is 240 g/mol. The molecule has 0 aliphatic carbocycles. The Morgan fingerprint density at radius 2 is 2.41 bits per heavy atom. The number of aryl methyl sites for hydroxylation is 1. The minimum Gasteiger partial charge on any atom is -0.349 e. The van der Waals surface area contributed by atoms with Crippen LogP contribution in [0.4, 0.5) is 0 Å². The lowest BCUT2D eigenvalue weighted by Gasteiger charge is -2.15. The summed E-state index contributed by atoms with van der Waals surface area (Å²) in [4.78, 5) is 25.3. The molecule has 0 radical (unpaired) electrons. The maximum absolute atomic E-state index is 11.7. The van der Waals surface area contributed by atoms with Gasteiger partial charge in [-0.3, -0.25) is 9.59 Å².